The van der Waals surface area contributed by atoms with Gasteiger partial charge in [0.2, 0.25) is 5.91 Å². The lowest BCUT2D eigenvalue weighted by atomic mass is 9.88. The summed E-state index contributed by atoms with van der Waals surface area (Å²) in [6.07, 6.45) is 5.22. The van der Waals surface area contributed by atoms with Crippen LogP contribution in [0.5, 0.6) is 0 Å². The van der Waals surface area contributed by atoms with Gasteiger partial charge in [-0.2, -0.15) is 5.10 Å². The molecule has 1 aromatic carbocycles. The van der Waals surface area contributed by atoms with Gasteiger partial charge in [-0.1, -0.05) is 24.3 Å². The monoisotopic (exact) mass is 325 g/mol. The van der Waals surface area contributed by atoms with Gasteiger partial charge in [0.1, 0.15) is 5.82 Å². The molecule has 1 aromatic heterocycles. The summed E-state index contributed by atoms with van der Waals surface area (Å²) in [5, 5.41) is 16.2. The number of benzene rings is 1. The van der Waals surface area contributed by atoms with Crippen molar-refractivity contribution in [3.8, 4) is 0 Å². The van der Waals surface area contributed by atoms with Gasteiger partial charge >= 0.3 is 5.97 Å². The Balaban J connectivity index is 1.56. The highest BCUT2D eigenvalue weighted by Gasteiger charge is 2.48. The third-order valence-electron chi connectivity index (χ3n) is 5.00. The van der Waals surface area contributed by atoms with Crippen molar-refractivity contribution in [1.29, 1.82) is 0 Å². The molecule has 124 valence electrons. The number of aromatic nitrogens is 2. The van der Waals surface area contributed by atoms with E-state index < -0.39 is 17.8 Å². The van der Waals surface area contributed by atoms with Gasteiger partial charge in [-0.3, -0.25) is 9.59 Å². The predicted octanol–water partition coefficient (Wildman–Crippen LogP) is 2.47. The predicted molar refractivity (Wildman–Crippen MR) is 87.6 cm³/mol. The van der Waals surface area contributed by atoms with Gasteiger partial charge in [-0.15, -0.1) is 0 Å². The summed E-state index contributed by atoms with van der Waals surface area (Å²) in [5.74, 6) is -1.46. The molecule has 1 unspecified atom stereocenters. The average molecular weight is 325 g/mol. The molecule has 6 heteroatoms. The topological polar surface area (TPSA) is 84.2 Å². The summed E-state index contributed by atoms with van der Waals surface area (Å²) in [5.41, 5.74) is 2.58. The molecule has 4 rings (SSSR count). The highest BCUT2D eigenvalue weighted by atomic mass is 16.4. The van der Waals surface area contributed by atoms with Crippen LogP contribution in [0.4, 0.5) is 5.82 Å². The number of carboxylic acids is 1. The molecule has 2 aliphatic carbocycles. The summed E-state index contributed by atoms with van der Waals surface area (Å²) < 4.78 is 1.86. The Morgan fingerprint density at radius 3 is 2.83 bits per heavy atom. The van der Waals surface area contributed by atoms with Gasteiger partial charge in [0.25, 0.3) is 0 Å². The van der Waals surface area contributed by atoms with Crippen LogP contribution in [0.15, 0.2) is 36.5 Å². The largest absolute Gasteiger partial charge is 0.481 e. The fourth-order valence-corrected chi connectivity index (χ4v) is 3.62. The molecule has 1 saturated carbocycles. The maximum absolute atomic E-state index is 12.3. The van der Waals surface area contributed by atoms with Gasteiger partial charge in [-0.25, -0.2) is 4.68 Å². The van der Waals surface area contributed by atoms with E-state index in [1.807, 2.05) is 16.8 Å². The van der Waals surface area contributed by atoms with Crippen molar-refractivity contribution in [1.82, 2.24) is 9.78 Å². The highest BCUT2D eigenvalue weighted by Crippen LogP contribution is 2.40. The van der Waals surface area contributed by atoms with Crippen LogP contribution >= 0.6 is 0 Å². The number of anilines is 1. The van der Waals surface area contributed by atoms with Crippen LogP contribution in [0.3, 0.4) is 0 Å². The summed E-state index contributed by atoms with van der Waals surface area (Å²) >= 11 is 0. The standard InChI is InChI=1S/C18H19N3O3/c22-17(13-10-14(13)18(23)24)20-16-8-9-19-21(16)15-7-3-5-11-4-1-2-6-12(11)15/h1-2,4,6,8-9,13-15H,3,5,7,10H2,(H,20,22)(H,23,24)/t13-,14-,15?/m1/s1. The number of fused-ring (bicyclic) bond motifs is 1. The highest BCUT2D eigenvalue weighted by molar-refractivity contribution is 5.97. The van der Waals surface area contributed by atoms with Gasteiger partial charge < -0.3 is 10.4 Å². The second-order valence-electron chi connectivity index (χ2n) is 6.54. The zero-order valence-electron chi connectivity index (χ0n) is 13.2. The number of nitrogens with zero attached hydrogens (tertiary/aromatic N) is 2. The van der Waals surface area contributed by atoms with Crippen LogP contribution in [-0.4, -0.2) is 26.8 Å². The first kappa shape index (κ1) is 14.9. The number of carbonyl (C=O) groups excluding carboxylic acids is 1. The van der Waals surface area contributed by atoms with Crippen molar-refractivity contribution >= 4 is 17.7 Å². The Bertz CT molecular complexity index is 798. The number of hydrogen-bond acceptors (Lipinski definition) is 3. The number of carboxylic acid groups (broad SMARTS) is 1. The van der Waals surface area contributed by atoms with E-state index in [1.54, 1.807) is 12.3 Å². The Kier molecular flexibility index (Phi) is 3.59. The minimum Gasteiger partial charge on any atom is -0.481 e. The maximum atomic E-state index is 12.3. The lowest BCUT2D eigenvalue weighted by Crippen LogP contribution is -2.23. The molecule has 1 fully saturated rings. The van der Waals surface area contributed by atoms with Crippen LogP contribution < -0.4 is 5.32 Å². The van der Waals surface area contributed by atoms with Crippen LogP contribution in [0.25, 0.3) is 0 Å². The quantitative estimate of drug-likeness (QED) is 0.904. The van der Waals surface area contributed by atoms with Crippen molar-refractivity contribution in [3.05, 3.63) is 47.7 Å². The fourth-order valence-electron chi connectivity index (χ4n) is 3.62. The molecule has 3 atom stereocenters. The minimum absolute atomic E-state index is 0.106. The number of rotatable bonds is 4. The molecule has 6 nitrogen and oxygen atoms in total. The summed E-state index contributed by atoms with van der Waals surface area (Å²) in [6, 6.07) is 10.2. The van der Waals surface area contributed by atoms with Crippen molar-refractivity contribution in [3.63, 3.8) is 0 Å². The van der Waals surface area contributed by atoms with E-state index in [0.717, 1.165) is 19.3 Å². The molecule has 0 radical (unpaired) electrons. The molecular formula is C18H19N3O3. The second-order valence-corrected chi connectivity index (χ2v) is 6.54. The van der Waals surface area contributed by atoms with Crippen LogP contribution in [-0.2, 0) is 16.0 Å². The number of carbonyl (C=O) groups is 2. The molecule has 24 heavy (non-hydrogen) atoms. The smallest absolute Gasteiger partial charge is 0.307 e. The molecule has 0 saturated heterocycles. The lowest BCUT2D eigenvalue weighted by molar-refractivity contribution is -0.139. The van der Waals surface area contributed by atoms with Crippen LogP contribution in [0.2, 0.25) is 0 Å². The number of hydrogen-bond donors (Lipinski definition) is 2. The Hall–Kier alpha value is -2.63. The number of amides is 1. The summed E-state index contributed by atoms with van der Waals surface area (Å²) in [4.78, 5) is 23.2. The van der Waals surface area contributed by atoms with Crippen molar-refractivity contribution in [2.75, 3.05) is 5.32 Å². The normalized spacial score (nSPS) is 24.9. The van der Waals surface area contributed by atoms with E-state index in [2.05, 4.69) is 22.5 Å². The van der Waals surface area contributed by atoms with Crippen molar-refractivity contribution in [2.24, 2.45) is 11.8 Å². The molecule has 2 aliphatic rings. The van der Waals surface area contributed by atoms with E-state index in [-0.39, 0.29) is 11.9 Å². The Labute approximate surface area is 139 Å². The average Bonchev–Trinajstić information content (AvgIpc) is 3.28. The first-order valence-corrected chi connectivity index (χ1v) is 8.30. The van der Waals surface area contributed by atoms with E-state index in [0.29, 0.717) is 12.2 Å². The molecule has 0 aliphatic heterocycles. The van der Waals surface area contributed by atoms with Crippen LogP contribution in [0.1, 0.15) is 36.4 Å². The Morgan fingerprint density at radius 1 is 1.21 bits per heavy atom. The Morgan fingerprint density at radius 2 is 2.04 bits per heavy atom. The SMILES string of the molecule is O=C(O)[C@@H]1C[C@H]1C(=O)Nc1ccnn1C1CCCc2ccccc21. The summed E-state index contributed by atoms with van der Waals surface area (Å²) in [6.45, 7) is 0. The number of aliphatic carboxylic acids is 1. The van der Waals surface area contributed by atoms with E-state index in [1.165, 1.54) is 11.1 Å². The van der Waals surface area contributed by atoms with E-state index in [9.17, 15) is 9.59 Å². The second kappa shape index (κ2) is 5.78. The first-order valence-electron chi connectivity index (χ1n) is 8.30. The number of nitrogens with one attached hydrogen (secondary N) is 1. The van der Waals surface area contributed by atoms with Gasteiger partial charge in [0, 0.05) is 6.07 Å². The summed E-state index contributed by atoms with van der Waals surface area (Å²) in [7, 11) is 0. The maximum Gasteiger partial charge on any atom is 0.307 e. The van der Waals surface area contributed by atoms with E-state index in [4.69, 9.17) is 5.11 Å². The molecular weight excluding hydrogens is 306 g/mol. The fraction of sp³-hybridized carbons (Fsp3) is 0.389. The molecule has 0 spiro atoms. The van der Waals surface area contributed by atoms with Gasteiger partial charge in [-0.05, 0) is 36.8 Å². The van der Waals surface area contributed by atoms with Crippen molar-refractivity contribution < 1.29 is 14.7 Å². The molecule has 2 aromatic rings. The first-order chi connectivity index (χ1) is 11.6. The van der Waals surface area contributed by atoms with Gasteiger partial charge in [0.05, 0.1) is 24.1 Å². The molecule has 1 heterocycles. The zero-order chi connectivity index (χ0) is 16.7. The molecule has 0 bridgehead atoms. The van der Waals surface area contributed by atoms with Crippen molar-refractivity contribution in [2.45, 2.75) is 31.7 Å². The third kappa shape index (κ3) is 2.58. The van der Waals surface area contributed by atoms with Crippen LogP contribution in [0, 0.1) is 11.8 Å². The lowest BCUT2D eigenvalue weighted by Gasteiger charge is -2.27. The third-order valence-corrected chi connectivity index (χ3v) is 5.00. The van der Waals surface area contributed by atoms with E-state index >= 15 is 0 Å². The molecule has 2 N–H and O–H groups in total. The zero-order valence-corrected chi connectivity index (χ0v) is 13.2. The number of aryl methyl sites for hydroxylation is 1. The molecule has 1 amide bonds. The van der Waals surface area contributed by atoms with Gasteiger partial charge in [0.15, 0.2) is 0 Å². The minimum atomic E-state index is -0.898.